The number of imidazole rings is 1. The van der Waals surface area contributed by atoms with Crippen LogP contribution in [-0.2, 0) is 30.2 Å². The molecule has 0 atom stereocenters. The van der Waals surface area contributed by atoms with Gasteiger partial charge >= 0.3 is 0 Å². The van der Waals surface area contributed by atoms with E-state index in [1.165, 1.54) is 10.4 Å². The van der Waals surface area contributed by atoms with Crippen LogP contribution in [0.2, 0.25) is 0 Å². The topological polar surface area (TPSA) is 80.4 Å². The van der Waals surface area contributed by atoms with Crippen LogP contribution in [0.15, 0.2) is 23.4 Å². The quantitative estimate of drug-likeness (QED) is 0.791. The Labute approximate surface area is 159 Å². The van der Waals surface area contributed by atoms with Gasteiger partial charge in [-0.05, 0) is 25.8 Å². The Morgan fingerprint density at radius 3 is 2.59 bits per heavy atom. The first-order chi connectivity index (χ1) is 12.9. The molecule has 4 heterocycles. The van der Waals surface area contributed by atoms with Crippen LogP contribution in [0.3, 0.4) is 0 Å². The maximum Gasteiger partial charge on any atom is 0.270 e. The van der Waals surface area contributed by atoms with Crippen molar-refractivity contribution in [3.05, 3.63) is 35.7 Å². The molecular weight excluding hydrogens is 366 g/mol. The van der Waals surface area contributed by atoms with Gasteiger partial charge in [0, 0.05) is 51.3 Å². The number of piperidine rings is 1. The lowest BCUT2D eigenvalue weighted by molar-refractivity contribution is 0.0697. The summed E-state index contributed by atoms with van der Waals surface area (Å²) in [6.45, 7) is 4.83. The van der Waals surface area contributed by atoms with Crippen LogP contribution in [0, 0.1) is 6.92 Å². The molecule has 2 aliphatic rings. The SMILES string of the molecule is Cc1cnc2n1CCN(C(=O)c1cc(S(=O)(=O)N3CCCCC3)cn1C)C2. The molecular formula is C18H25N5O3S. The highest BCUT2D eigenvalue weighted by Gasteiger charge is 2.30. The summed E-state index contributed by atoms with van der Waals surface area (Å²) in [6.07, 6.45) is 6.20. The molecule has 1 amide bonds. The van der Waals surface area contributed by atoms with Crippen LogP contribution in [-0.4, -0.2) is 57.3 Å². The Morgan fingerprint density at radius 1 is 1.11 bits per heavy atom. The largest absolute Gasteiger partial charge is 0.345 e. The molecule has 2 aliphatic heterocycles. The lowest BCUT2D eigenvalue weighted by atomic mass is 10.2. The molecule has 9 heteroatoms. The van der Waals surface area contributed by atoms with Gasteiger partial charge in [0.25, 0.3) is 5.91 Å². The van der Waals surface area contributed by atoms with Gasteiger partial charge in [0.15, 0.2) is 0 Å². The Kier molecular flexibility index (Phi) is 4.59. The van der Waals surface area contributed by atoms with Gasteiger partial charge in [0.2, 0.25) is 10.0 Å². The van der Waals surface area contributed by atoms with Crippen molar-refractivity contribution in [2.45, 2.75) is 44.2 Å². The second-order valence-electron chi connectivity index (χ2n) is 7.33. The summed E-state index contributed by atoms with van der Waals surface area (Å²) in [6, 6.07) is 1.51. The maximum absolute atomic E-state index is 13.0. The van der Waals surface area contributed by atoms with Crippen LogP contribution >= 0.6 is 0 Å². The lowest BCUT2D eigenvalue weighted by Gasteiger charge is -2.28. The highest BCUT2D eigenvalue weighted by molar-refractivity contribution is 7.89. The molecule has 4 rings (SSSR count). The number of fused-ring (bicyclic) bond motifs is 1. The summed E-state index contributed by atoms with van der Waals surface area (Å²) >= 11 is 0. The molecule has 146 valence electrons. The highest BCUT2D eigenvalue weighted by Crippen LogP contribution is 2.24. The van der Waals surface area contributed by atoms with E-state index in [2.05, 4.69) is 9.55 Å². The number of sulfonamides is 1. The normalized spacial score (nSPS) is 18.5. The van der Waals surface area contributed by atoms with Crippen molar-refractivity contribution < 1.29 is 13.2 Å². The minimum atomic E-state index is -3.55. The first-order valence-electron chi connectivity index (χ1n) is 9.35. The van der Waals surface area contributed by atoms with Crippen LogP contribution in [0.1, 0.15) is 41.3 Å². The fourth-order valence-corrected chi connectivity index (χ4v) is 5.48. The van der Waals surface area contributed by atoms with E-state index in [1.54, 1.807) is 22.7 Å². The van der Waals surface area contributed by atoms with E-state index in [9.17, 15) is 13.2 Å². The molecule has 1 saturated heterocycles. The Bertz CT molecular complexity index is 969. The predicted molar refractivity (Wildman–Crippen MR) is 99.7 cm³/mol. The van der Waals surface area contributed by atoms with Crippen molar-refractivity contribution >= 4 is 15.9 Å². The number of nitrogens with zero attached hydrogens (tertiary/aromatic N) is 5. The molecule has 2 aromatic heterocycles. The summed E-state index contributed by atoms with van der Waals surface area (Å²) in [4.78, 5) is 19.3. The molecule has 0 N–H and O–H groups in total. The second kappa shape index (κ2) is 6.79. The molecule has 0 aliphatic carbocycles. The molecule has 0 radical (unpaired) electrons. The van der Waals surface area contributed by atoms with Crippen molar-refractivity contribution in [1.29, 1.82) is 0 Å². The van der Waals surface area contributed by atoms with Crippen molar-refractivity contribution in [3.8, 4) is 0 Å². The first kappa shape index (κ1) is 18.2. The van der Waals surface area contributed by atoms with E-state index in [0.717, 1.165) is 30.8 Å². The molecule has 0 unspecified atom stereocenters. The van der Waals surface area contributed by atoms with Crippen LogP contribution < -0.4 is 0 Å². The summed E-state index contributed by atoms with van der Waals surface area (Å²) in [5, 5.41) is 0. The summed E-state index contributed by atoms with van der Waals surface area (Å²) in [5.41, 5.74) is 1.48. The van der Waals surface area contributed by atoms with Crippen molar-refractivity contribution in [2.75, 3.05) is 19.6 Å². The summed E-state index contributed by atoms with van der Waals surface area (Å²) in [7, 11) is -1.83. The zero-order chi connectivity index (χ0) is 19.2. The number of aromatic nitrogens is 3. The van der Waals surface area contributed by atoms with Gasteiger partial charge in [-0.2, -0.15) is 4.31 Å². The molecule has 0 saturated carbocycles. The fourth-order valence-electron chi connectivity index (χ4n) is 3.89. The number of rotatable bonds is 3. The molecule has 0 bridgehead atoms. The number of amides is 1. The van der Waals surface area contributed by atoms with Gasteiger partial charge in [-0.15, -0.1) is 0 Å². The average Bonchev–Trinajstić information content (AvgIpc) is 3.25. The van der Waals surface area contributed by atoms with Crippen LogP contribution in [0.25, 0.3) is 0 Å². The summed E-state index contributed by atoms with van der Waals surface area (Å²) in [5.74, 6) is 0.701. The minimum Gasteiger partial charge on any atom is -0.345 e. The van der Waals surface area contributed by atoms with E-state index in [-0.39, 0.29) is 10.8 Å². The standard InChI is InChI=1S/C18H25N5O3S/c1-14-11-19-17-13-21(8-9-23(14)17)18(24)16-10-15(12-20(16)2)27(25,26)22-6-4-3-5-7-22/h10-12H,3-9,13H2,1-2H3. The van der Waals surface area contributed by atoms with Gasteiger partial charge < -0.3 is 14.0 Å². The second-order valence-corrected chi connectivity index (χ2v) is 9.27. The highest BCUT2D eigenvalue weighted by atomic mass is 32.2. The Balaban J connectivity index is 1.57. The van der Waals surface area contributed by atoms with Gasteiger partial charge in [-0.3, -0.25) is 4.79 Å². The third-order valence-electron chi connectivity index (χ3n) is 5.50. The zero-order valence-electron chi connectivity index (χ0n) is 15.8. The number of carbonyl (C=O) groups excluding carboxylic acids is 1. The zero-order valence-corrected chi connectivity index (χ0v) is 16.6. The monoisotopic (exact) mass is 391 g/mol. The van der Waals surface area contributed by atoms with Gasteiger partial charge in [-0.25, -0.2) is 13.4 Å². The molecule has 8 nitrogen and oxygen atoms in total. The maximum atomic E-state index is 13.0. The van der Waals surface area contributed by atoms with E-state index >= 15 is 0 Å². The van der Waals surface area contributed by atoms with Crippen molar-refractivity contribution in [1.82, 2.24) is 23.3 Å². The summed E-state index contributed by atoms with van der Waals surface area (Å²) < 4.78 is 31.0. The molecule has 0 spiro atoms. The first-order valence-corrected chi connectivity index (χ1v) is 10.8. The minimum absolute atomic E-state index is 0.163. The third kappa shape index (κ3) is 3.19. The van der Waals surface area contributed by atoms with Crippen molar-refractivity contribution in [3.63, 3.8) is 0 Å². The third-order valence-corrected chi connectivity index (χ3v) is 7.37. The molecule has 27 heavy (non-hydrogen) atoms. The molecule has 2 aromatic rings. The van der Waals surface area contributed by atoms with Crippen LogP contribution in [0.4, 0.5) is 0 Å². The van der Waals surface area contributed by atoms with E-state index < -0.39 is 10.0 Å². The van der Waals surface area contributed by atoms with Gasteiger partial charge in [0.1, 0.15) is 16.4 Å². The van der Waals surface area contributed by atoms with E-state index in [1.807, 2.05) is 13.1 Å². The number of hydrogen-bond donors (Lipinski definition) is 0. The van der Waals surface area contributed by atoms with E-state index in [0.29, 0.717) is 38.4 Å². The van der Waals surface area contributed by atoms with Gasteiger partial charge in [0.05, 0.1) is 6.54 Å². The smallest absolute Gasteiger partial charge is 0.270 e. The average molecular weight is 391 g/mol. The molecule has 0 aromatic carbocycles. The van der Waals surface area contributed by atoms with Crippen LogP contribution in [0.5, 0.6) is 0 Å². The van der Waals surface area contributed by atoms with Crippen molar-refractivity contribution in [2.24, 2.45) is 7.05 Å². The lowest BCUT2D eigenvalue weighted by Crippen LogP contribution is -2.39. The number of aryl methyl sites for hydroxylation is 2. The van der Waals surface area contributed by atoms with E-state index in [4.69, 9.17) is 0 Å². The Morgan fingerprint density at radius 2 is 1.85 bits per heavy atom. The number of carbonyl (C=O) groups is 1. The van der Waals surface area contributed by atoms with Gasteiger partial charge in [-0.1, -0.05) is 6.42 Å². The Hall–Kier alpha value is -2.13. The predicted octanol–water partition coefficient (Wildman–Crippen LogP) is 1.36. The fraction of sp³-hybridized carbons (Fsp3) is 0.556. The number of hydrogen-bond acceptors (Lipinski definition) is 4. The molecule has 1 fully saturated rings.